The van der Waals surface area contributed by atoms with Gasteiger partial charge in [-0.05, 0) is 73.4 Å². The molecule has 4 rings (SSSR count). The van der Waals surface area contributed by atoms with Gasteiger partial charge in [0.05, 0.1) is 6.42 Å². The van der Waals surface area contributed by atoms with E-state index in [1.807, 2.05) is 36.4 Å². The highest BCUT2D eigenvalue weighted by molar-refractivity contribution is 5.93. The minimum atomic E-state index is -0.954. The summed E-state index contributed by atoms with van der Waals surface area (Å²) in [4.78, 5) is 23.5. The van der Waals surface area contributed by atoms with Gasteiger partial charge in [-0.2, -0.15) is 0 Å². The molecule has 0 saturated carbocycles. The number of amides is 1. The molecule has 0 unspecified atom stereocenters. The van der Waals surface area contributed by atoms with Crippen LogP contribution in [0.25, 0.3) is 22.1 Å². The summed E-state index contributed by atoms with van der Waals surface area (Å²) in [5, 5.41) is 22.6. The number of furan rings is 1. The second-order valence-corrected chi connectivity index (χ2v) is 10.5. The average Bonchev–Trinajstić information content (AvgIpc) is 3.33. The predicted octanol–water partition coefficient (Wildman–Crippen LogP) is 5.28. The van der Waals surface area contributed by atoms with Crippen LogP contribution in [0.2, 0.25) is 0 Å². The van der Waals surface area contributed by atoms with Crippen molar-refractivity contribution in [1.82, 2.24) is 5.32 Å². The zero-order valence-electron chi connectivity index (χ0n) is 22.8. The molecule has 0 saturated heterocycles. The van der Waals surface area contributed by atoms with Crippen molar-refractivity contribution in [3.8, 4) is 16.9 Å². The molecule has 3 aromatic carbocycles. The van der Waals surface area contributed by atoms with Crippen LogP contribution < -0.4 is 15.8 Å². The topological polar surface area (TPSA) is 144 Å². The number of nitrogens with two attached hydrogens (primary N) is 1. The average molecular weight is 547 g/mol. The van der Waals surface area contributed by atoms with Gasteiger partial charge in [-0.25, -0.2) is 4.79 Å². The van der Waals surface area contributed by atoms with Crippen LogP contribution in [0.4, 0.5) is 4.79 Å². The largest absolute Gasteiger partial charge is 0.489 e. The SMILES string of the molecule is CC(C)(C)OC(=O)NCc1cccc(-c2cc(COc3cc(CN)ccc3CC(=O)O)cc3cc(CO)oc23)c1. The first kappa shape index (κ1) is 28.7. The van der Waals surface area contributed by atoms with E-state index >= 15 is 0 Å². The molecule has 0 aliphatic heterocycles. The number of carbonyl (C=O) groups is 2. The van der Waals surface area contributed by atoms with Crippen LogP contribution >= 0.6 is 0 Å². The van der Waals surface area contributed by atoms with Crippen LogP contribution in [0.5, 0.6) is 5.75 Å². The van der Waals surface area contributed by atoms with E-state index in [-0.39, 0.29) is 26.2 Å². The van der Waals surface area contributed by atoms with Crippen LogP contribution in [0.1, 0.15) is 48.8 Å². The zero-order valence-corrected chi connectivity index (χ0v) is 22.8. The van der Waals surface area contributed by atoms with E-state index in [1.54, 1.807) is 45.0 Å². The monoisotopic (exact) mass is 546 g/mol. The summed E-state index contributed by atoms with van der Waals surface area (Å²) in [6, 6.07) is 18.6. The fourth-order valence-corrected chi connectivity index (χ4v) is 4.31. The highest BCUT2D eigenvalue weighted by atomic mass is 16.6. The Morgan fingerprint density at radius 1 is 1.00 bits per heavy atom. The Balaban J connectivity index is 1.64. The van der Waals surface area contributed by atoms with Gasteiger partial charge in [0.15, 0.2) is 0 Å². The minimum absolute atomic E-state index is 0.170. The van der Waals surface area contributed by atoms with Crippen molar-refractivity contribution in [2.45, 2.75) is 59.1 Å². The lowest BCUT2D eigenvalue weighted by Gasteiger charge is -2.19. The number of benzene rings is 3. The number of carboxylic acid groups (broad SMARTS) is 1. The minimum Gasteiger partial charge on any atom is -0.489 e. The summed E-state index contributed by atoms with van der Waals surface area (Å²) in [5.74, 6) is -0.0630. The molecule has 4 aromatic rings. The quantitative estimate of drug-likeness (QED) is 0.210. The number of hydrogen-bond acceptors (Lipinski definition) is 7. The Morgan fingerprint density at radius 3 is 2.50 bits per heavy atom. The van der Waals surface area contributed by atoms with E-state index in [0.29, 0.717) is 29.2 Å². The third kappa shape index (κ3) is 7.40. The number of alkyl carbamates (subject to hydrolysis) is 1. The molecule has 0 atom stereocenters. The van der Waals surface area contributed by atoms with Gasteiger partial charge in [-0.1, -0.05) is 30.3 Å². The first-order chi connectivity index (χ1) is 19.0. The normalized spacial score (nSPS) is 11.4. The summed E-state index contributed by atoms with van der Waals surface area (Å²) in [6.45, 7) is 5.92. The van der Waals surface area contributed by atoms with Gasteiger partial charge in [0.1, 0.15) is 35.9 Å². The smallest absolute Gasteiger partial charge is 0.407 e. The zero-order chi connectivity index (χ0) is 28.9. The number of aliphatic hydroxyl groups excluding tert-OH is 1. The first-order valence-electron chi connectivity index (χ1n) is 12.9. The summed E-state index contributed by atoms with van der Waals surface area (Å²) in [7, 11) is 0. The summed E-state index contributed by atoms with van der Waals surface area (Å²) in [6.07, 6.45) is -0.671. The number of aliphatic hydroxyl groups is 1. The van der Waals surface area contributed by atoms with Crippen LogP contribution in [0.15, 0.2) is 65.1 Å². The molecule has 0 fully saturated rings. The molecule has 40 heavy (non-hydrogen) atoms. The fourth-order valence-electron chi connectivity index (χ4n) is 4.31. The molecule has 1 amide bonds. The van der Waals surface area contributed by atoms with Crippen molar-refractivity contribution >= 4 is 23.0 Å². The third-order valence-corrected chi connectivity index (χ3v) is 6.06. The molecule has 0 spiro atoms. The molecule has 1 heterocycles. The van der Waals surface area contributed by atoms with Gasteiger partial charge >= 0.3 is 12.1 Å². The van der Waals surface area contributed by atoms with Gasteiger partial charge in [-0.15, -0.1) is 0 Å². The summed E-state index contributed by atoms with van der Waals surface area (Å²) in [5.41, 5.74) is 10.5. The number of hydrogen-bond donors (Lipinski definition) is 4. The highest BCUT2D eigenvalue weighted by Crippen LogP contribution is 2.34. The Morgan fingerprint density at radius 2 is 1.80 bits per heavy atom. The Kier molecular flexibility index (Phi) is 8.77. The van der Waals surface area contributed by atoms with Crippen molar-refractivity contribution in [3.63, 3.8) is 0 Å². The van der Waals surface area contributed by atoms with Gasteiger partial charge in [0, 0.05) is 29.6 Å². The maximum absolute atomic E-state index is 12.1. The molecule has 0 aliphatic rings. The molecule has 0 radical (unpaired) electrons. The van der Waals surface area contributed by atoms with Gasteiger partial charge in [0.2, 0.25) is 0 Å². The van der Waals surface area contributed by atoms with Crippen molar-refractivity contribution in [3.05, 3.63) is 88.7 Å². The second-order valence-electron chi connectivity index (χ2n) is 10.5. The van der Waals surface area contributed by atoms with Crippen LogP contribution in [0, 0.1) is 0 Å². The van der Waals surface area contributed by atoms with Crippen molar-refractivity contribution in [2.24, 2.45) is 5.73 Å². The molecule has 5 N–H and O–H groups in total. The number of rotatable bonds is 10. The van der Waals surface area contributed by atoms with Crippen LogP contribution in [-0.2, 0) is 42.3 Å². The Labute approximate surface area is 232 Å². The number of ether oxygens (including phenoxy) is 2. The molecular formula is C31H34N2O7. The van der Waals surface area contributed by atoms with Crippen molar-refractivity contribution in [1.29, 1.82) is 0 Å². The summed E-state index contributed by atoms with van der Waals surface area (Å²) >= 11 is 0. The molecule has 0 bridgehead atoms. The number of carbonyl (C=O) groups excluding carboxylic acids is 1. The maximum Gasteiger partial charge on any atom is 0.407 e. The lowest BCUT2D eigenvalue weighted by atomic mass is 9.99. The summed E-state index contributed by atoms with van der Waals surface area (Å²) < 4.78 is 17.4. The fraction of sp³-hybridized carbons (Fsp3) is 0.290. The second kappa shape index (κ2) is 12.2. The molecule has 210 valence electrons. The lowest BCUT2D eigenvalue weighted by molar-refractivity contribution is -0.136. The maximum atomic E-state index is 12.1. The Hall–Kier alpha value is -4.34. The molecule has 9 nitrogen and oxygen atoms in total. The highest BCUT2D eigenvalue weighted by Gasteiger charge is 2.17. The van der Waals surface area contributed by atoms with Gasteiger partial charge < -0.3 is 35.2 Å². The molecular weight excluding hydrogens is 512 g/mol. The van der Waals surface area contributed by atoms with Crippen molar-refractivity contribution in [2.75, 3.05) is 0 Å². The standard InChI is InChI=1S/C31H34N2O7/c1-31(2,3)40-30(37)33-16-20-5-4-6-22(9-20)26-11-21(10-24-13-25(17-34)39-29(24)26)18-38-27-12-19(15-32)7-8-23(27)14-28(35)36/h4-13,34H,14-18,32H2,1-3H3,(H,33,37)(H,35,36). The van der Waals surface area contributed by atoms with E-state index in [1.165, 1.54) is 0 Å². The molecule has 9 heteroatoms. The van der Waals surface area contributed by atoms with E-state index in [4.69, 9.17) is 19.6 Å². The van der Waals surface area contributed by atoms with Crippen LogP contribution in [-0.4, -0.2) is 27.9 Å². The third-order valence-electron chi connectivity index (χ3n) is 6.06. The van der Waals surface area contributed by atoms with E-state index in [9.17, 15) is 19.8 Å². The van der Waals surface area contributed by atoms with E-state index < -0.39 is 17.7 Å². The lowest BCUT2D eigenvalue weighted by Crippen LogP contribution is -2.32. The van der Waals surface area contributed by atoms with Crippen LogP contribution in [0.3, 0.4) is 0 Å². The molecule has 1 aromatic heterocycles. The number of nitrogens with one attached hydrogen (secondary N) is 1. The van der Waals surface area contributed by atoms with E-state index in [0.717, 1.165) is 33.2 Å². The molecule has 0 aliphatic carbocycles. The Bertz CT molecular complexity index is 1520. The van der Waals surface area contributed by atoms with Crippen molar-refractivity contribution < 1.29 is 33.7 Å². The van der Waals surface area contributed by atoms with Gasteiger partial charge in [0.25, 0.3) is 0 Å². The van der Waals surface area contributed by atoms with E-state index in [2.05, 4.69) is 5.32 Å². The van der Waals surface area contributed by atoms with Gasteiger partial charge in [-0.3, -0.25) is 4.79 Å². The number of fused-ring (bicyclic) bond motifs is 1. The number of aliphatic carboxylic acids is 1. The predicted molar refractivity (Wildman–Crippen MR) is 151 cm³/mol. The number of carboxylic acids is 1. The first-order valence-corrected chi connectivity index (χ1v) is 12.9.